The van der Waals surface area contributed by atoms with Gasteiger partial charge in [0.15, 0.2) is 0 Å². The number of rotatable bonds is 5. The number of carbonyl (C=O) groups is 1. The van der Waals surface area contributed by atoms with Crippen molar-refractivity contribution in [3.05, 3.63) is 77.5 Å². The van der Waals surface area contributed by atoms with Crippen LogP contribution < -0.4 is 10.1 Å². The van der Waals surface area contributed by atoms with Crippen LogP contribution in [-0.2, 0) is 6.61 Å². The summed E-state index contributed by atoms with van der Waals surface area (Å²) in [5.74, 6) is 0.975. The van der Waals surface area contributed by atoms with Gasteiger partial charge in [0.1, 0.15) is 11.6 Å². The molecule has 3 aromatic rings. The van der Waals surface area contributed by atoms with Crippen molar-refractivity contribution in [3.63, 3.8) is 0 Å². The summed E-state index contributed by atoms with van der Waals surface area (Å²) in [6.07, 6.45) is 1.67. The summed E-state index contributed by atoms with van der Waals surface area (Å²) in [7, 11) is 1.60. The molecule has 3 rings (SSSR count). The zero-order valence-corrected chi connectivity index (χ0v) is 14.7. The fraction of sp³-hybridized carbons (Fsp3) is 0.143. The number of aliphatic hydroxyl groups is 1. The van der Waals surface area contributed by atoms with Crippen molar-refractivity contribution in [3.8, 4) is 16.9 Å². The van der Waals surface area contributed by atoms with Gasteiger partial charge in [-0.15, -0.1) is 0 Å². The van der Waals surface area contributed by atoms with E-state index in [1.807, 2.05) is 49.4 Å². The fourth-order valence-corrected chi connectivity index (χ4v) is 2.72. The molecule has 1 amide bonds. The molecule has 132 valence electrons. The molecule has 0 aliphatic heterocycles. The first-order valence-corrected chi connectivity index (χ1v) is 8.23. The number of nitrogens with one attached hydrogen (secondary N) is 1. The average Bonchev–Trinajstić information content (AvgIpc) is 2.68. The Hall–Kier alpha value is -3.18. The summed E-state index contributed by atoms with van der Waals surface area (Å²) in [5.41, 5.74) is 4.00. The summed E-state index contributed by atoms with van der Waals surface area (Å²) in [6.45, 7) is 1.85. The Balaban J connectivity index is 1.83. The molecule has 0 spiro atoms. The molecule has 0 aliphatic carbocycles. The van der Waals surface area contributed by atoms with Crippen LogP contribution in [-0.4, -0.2) is 23.1 Å². The molecular weight excluding hydrogens is 328 g/mol. The molecular formula is C21H20N2O3. The summed E-state index contributed by atoms with van der Waals surface area (Å²) < 4.78 is 5.39. The number of aryl methyl sites for hydroxylation is 1. The maximum atomic E-state index is 12.4. The third-order valence-corrected chi connectivity index (χ3v) is 4.15. The zero-order valence-electron chi connectivity index (χ0n) is 14.7. The van der Waals surface area contributed by atoms with Gasteiger partial charge in [0, 0.05) is 22.9 Å². The van der Waals surface area contributed by atoms with Crippen LogP contribution in [0.15, 0.2) is 60.8 Å². The number of methoxy groups -OCH3 is 1. The van der Waals surface area contributed by atoms with Crippen LogP contribution in [0.25, 0.3) is 11.1 Å². The maximum Gasteiger partial charge on any atom is 0.257 e. The quantitative estimate of drug-likeness (QED) is 0.735. The third-order valence-electron chi connectivity index (χ3n) is 4.15. The molecule has 0 atom stereocenters. The van der Waals surface area contributed by atoms with Crippen molar-refractivity contribution in [1.82, 2.24) is 4.98 Å². The topological polar surface area (TPSA) is 71.5 Å². The van der Waals surface area contributed by atoms with Gasteiger partial charge in [0.05, 0.1) is 13.7 Å². The number of hydrogen-bond donors (Lipinski definition) is 2. The number of nitrogens with zero attached hydrogens (tertiary/aromatic N) is 1. The Kier molecular flexibility index (Phi) is 5.29. The molecule has 0 fully saturated rings. The molecule has 2 aromatic carbocycles. The molecule has 0 saturated carbocycles. The number of benzene rings is 2. The number of hydrogen-bond acceptors (Lipinski definition) is 4. The van der Waals surface area contributed by atoms with E-state index in [0.717, 1.165) is 22.3 Å². The van der Waals surface area contributed by atoms with Gasteiger partial charge in [-0.3, -0.25) is 4.79 Å². The standard InChI is InChI=1S/C21H20N2O3/c1-14-5-3-4-6-17(14)21(25)23-20-10-8-16(12-22-20)18-11-15(13-24)7-9-19(18)26-2/h3-12,24H,13H2,1-2H3,(H,22,23,25). The lowest BCUT2D eigenvalue weighted by molar-refractivity contribution is 0.102. The molecule has 2 N–H and O–H groups in total. The molecule has 5 nitrogen and oxygen atoms in total. The SMILES string of the molecule is COc1ccc(CO)cc1-c1ccc(NC(=O)c2ccccc2C)nc1. The Morgan fingerprint density at radius 3 is 2.62 bits per heavy atom. The van der Waals surface area contributed by atoms with E-state index >= 15 is 0 Å². The van der Waals surface area contributed by atoms with Gasteiger partial charge < -0.3 is 15.2 Å². The molecule has 1 aromatic heterocycles. The van der Waals surface area contributed by atoms with Gasteiger partial charge in [-0.25, -0.2) is 4.98 Å². The Bertz CT molecular complexity index is 921. The van der Waals surface area contributed by atoms with Crippen molar-refractivity contribution < 1.29 is 14.6 Å². The molecule has 5 heteroatoms. The summed E-state index contributed by atoms with van der Waals surface area (Å²) in [4.78, 5) is 16.7. The van der Waals surface area contributed by atoms with Crippen LogP contribution >= 0.6 is 0 Å². The van der Waals surface area contributed by atoms with E-state index in [9.17, 15) is 9.90 Å². The Morgan fingerprint density at radius 1 is 1.15 bits per heavy atom. The number of ether oxygens (including phenoxy) is 1. The Labute approximate surface area is 152 Å². The fourth-order valence-electron chi connectivity index (χ4n) is 2.72. The molecule has 1 heterocycles. The predicted octanol–water partition coefficient (Wildman–Crippen LogP) is 3.81. The van der Waals surface area contributed by atoms with Gasteiger partial charge in [-0.05, 0) is 48.4 Å². The van der Waals surface area contributed by atoms with Gasteiger partial charge >= 0.3 is 0 Å². The smallest absolute Gasteiger partial charge is 0.257 e. The van der Waals surface area contributed by atoms with E-state index in [1.165, 1.54) is 0 Å². The highest BCUT2D eigenvalue weighted by Gasteiger charge is 2.11. The third kappa shape index (κ3) is 3.73. The lowest BCUT2D eigenvalue weighted by Crippen LogP contribution is -2.14. The first-order valence-electron chi connectivity index (χ1n) is 8.23. The van der Waals surface area contributed by atoms with Crippen LogP contribution in [0, 0.1) is 6.92 Å². The van der Waals surface area contributed by atoms with Gasteiger partial charge in [-0.2, -0.15) is 0 Å². The van der Waals surface area contributed by atoms with Gasteiger partial charge in [0.25, 0.3) is 5.91 Å². The number of pyridine rings is 1. The molecule has 0 radical (unpaired) electrons. The predicted molar refractivity (Wildman–Crippen MR) is 101 cm³/mol. The zero-order chi connectivity index (χ0) is 18.5. The van der Waals surface area contributed by atoms with Gasteiger partial charge in [0.2, 0.25) is 0 Å². The van der Waals surface area contributed by atoms with Crippen molar-refractivity contribution in [1.29, 1.82) is 0 Å². The summed E-state index contributed by atoms with van der Waals surface area (Å²) in [6, 6.07) is 16.5. The first kappa shape index (κ1) is 17.6. The highest BCUT2D eigenvalue weighted by molar-refractivity contribution is 6.04. The minimum atomic E-state index is -0.191. The minimum absolute atomic E-state index is 0.0466. The first-order chi connectivity index (χ1) is 12.6. The van der Waals surface area contributed by atoms with Crippen molar-refractivity contribution in [2.24, 2.45) is 0 Å². The normalized spacial score (nSPS) is 10.4. The number of carbonyl (C=O) groups excluding carboxylic acids is 1. The number of aliphatic hydroxyl groups excluding tert-OH is 1. The van der Waals surface area contributed by atoms with Crippen LogP contribution in [0.5, 0.6) is 5.75 Å². The lowest BCUT2D eigenvalue weighted by atomic mass is 10.0. The van der Waals surface area contributed by atoms with Crippen molar-refractivity contribution >= 4 is 11.7 Å². The second-order valence-corrected chi connectivity index (χ2v) is 5.89. The van der Waals surface area contributed by atoms with E-state index in [1.54, 1.807) is 25.4 Å². The monoisotopic (exact) mass is 348 g/mol. The molecule has 0 saturated heterocycles. The highest BCUT2D eigenvalue weighted by atomic mass is 16.5. The van der Waals surface area contributed by atoms with E-state index in [2.05, 4.69) is 10.3 Å². The highest BCUT2D eigenvalue weighted by Crippen LogP contribution is 2.31. The number of amides is 1. The minimum Gasteiger partial charge on any atom is -0.496 e. The van der Waals surface area contributed by atoms with Crippen LogP contribution in [0.3, 0.4) is 0 Å². The van der Waals surface area contributed by atoms with Gasteiger partial charge in [-0.1, -0.05) is 24.3 Å². The number of anilines is 1. The van der Waals surface area contributed by atoms with E-state index < -0.39 is 0 Å². The molecule has 0 aliphatic rings. The largest absolute Gasteiger partial charge is 0.496 e. The molecule has 26 heavy (non-hydrogen) atoms. The molecule has 0 bridgehead atoms. The van der Waals surface area contributed by atoms with Crippen molar-refractivity contribution in [2.75, 3.05) is 12.4 Å². The molecule has 0 unspecified atom stereocenters. The van der Waals surface area contributed by atoms with Crippen molar-refractivity contribution in [2.45, 2.75) is 13.5 Å². The number of aromatic nitrogens is 1. The maximum absolute atomic E-state index is 12.4. The van der Waals surface area contributed by atoms with Crippen LogP contribution in [0.4, 0.5) is 5.82 Å². The van der Waals surface area contributed by atoms with Crippen LogP contribution in [0.2, 0.25) is 0 Å². The van der Waals surface area contributed by atoms with E-state index in [4.69, 9.17) is 4.74 Å². The van der Waals surface area contributed by atoms with E-state index in [-0.39, 0.29) is 12.5 Å². The average molecular weight is 348 g/mol. The summed E-state index contributed by atoms with van der Waals surface area (Å²) >= 11 is 0. The van der Waals surface area contributed by atoms with E-state index in [0.29, 0.717) is 17.1 Å². The van der Waals surface area contributed by atoms with Crippen LogP contribution in [0.1, 0.15) is 21.5 Å². The second kappa shape index (κ2) is 7.80. The lowest BCUT2D eigenvalue weighted by Gasteiger charge is -2.11. The summed E-state index contributed by atoms with van der Waals surface area (Å²) in [5, 5.41) is 12.2. The Morgan fingerprint density at radius 2 is 1.96 bits per heavy atom. The second-order valence-electron chi connectivity index (χ2n) is 5.89.